The highest BCUT2D eigenvalue weighted by molar-refractivity contribution is 9.10. The molecule has 0 aromatic heterocycles. The highest BCUT2D eigenvalue weighted by Gasteiger charge is 2.35. The van der Waals surface area contributed by atoms with Crippen LogP contribution in [0, 0.1) is 11.3 Å². The third-order valence-corrected chi connectivity index (χ3v) is 4.45. The SMILES string of the molecule is CN(CC#N)S(=O)(=O)c1ccc(Br)cc1OC(F)(F)F. The van der Waals surface area contributed by atoms with E-state index in [1.165, 1.54) is 6.07 Å². The third-order valence-electron chi connectivity index (χ3n) is 2.11. The van der Waals surface area contributed by atoms with Gasteiger partial charge in [0.05, 0.1) is 6.07 Å². The summed E-state index contributed by atoms with van der Waals surface area (Å²) in [5.74, 6) is -0.864. The van der Waals surface area contributed by atoms with Crippen LogP contribution in [0.1, 0.15) is 0 Å². The minimum absolute atomic E-state index is 0.221. The average molecular weight is 373 g/mol. The molecule has 1 rings (SSSR count). The Morgan fingerprint density at radius 1 is 1.45 bits per heavy atom. The van der Waals surface area contributed by atoms with Crippen LogP contribution in [0.25, 0.3) is 0 Å². The van der Waals surface area contributed by atoms with Crippen LogP contribution in [0.2, 0.25) is 0 Å². The number of alkyl halides is 3. The maximum atomic E-state index is 12.3. The Kier molecular flexibility index (Phi) is 5.01. The first-order valence-corrected chi connectivity index (χ1v) is 7.20. The van der Waals surface area contributed by atoms with E-state index in [-0.39, 0.29) is 4.47 Å². The molecule has 0 aliphatic heterocycles. The highest BCUT2D eigenvalue weighted by Crippen LogP contribution is 2.33. The van der Waals surface area contributed by atoms with Crippen molar-refractivity contribution in [2.45, 2.75) is 11.3 Å². The smallest absolute Gasteiger partial charge is 0.404 e. The second-order valence-electron chi connectivity index (χ2n) is 3.56. The van der Waals surface area contributed by atoms with Crippen LogP contribution in [0.15, 0.2) is 27.6 Å². The van der Waals surface area contributed by atoms with E-state index in [0.29, 0.717) is 4.31 Å². The molecule has 0 radical (unpaired) electrons. The summed E-state index contributed by atoms with van der Waals surface area (Å²) in [7, 11) is -3.17. The maximum Gasteiger partial charge on any atom is 0.573 e. The van der Waals surface area contributed by atoms with Gasteiger partial charge in [-0.3, -0.25) is 0 Å². The molecule has 20 heavy (non-hydrogen) atoms. The summed E-state index contributed by atoms with van der Waals surface area (Å²) < 4.78 is 65.5. The minimum Gasteiger partial charge on any atom is -0.404 e. The van der Waals surface area contributed by atoms with Crippen molar-refractivity contribution in [1.82, 2.24) is 4.31 Å². The van der Waals surface area contributed by atoms with Gasteiger partial charge in [0, 0.05) is 11.5 Å². The second-order valence-corrected chi connectivity index (χ2v) is 6.49. The topological polar surface area (TPSA) is 70.4 Å². The van der Waals surface area contributed by atoms with Gasteiger partial charge in [-0.2, -0.15) is 9.57 Å². The quantitative estimate of drug-likeness (QED) is 0.761. The third kappa shape index (κ3) is 4.09. The number of nitrogens with zero attached hydrogens (tertiary/aromatic N) is 2. The normalized spacial score (nSPS) is 12.2. The summed E-state index contributed by atoms with van der Waals surface area (Å²) >= 11 is 2.93. The molecule has 5 nitrogen and oxygen atoms in total. The lowest BCUT2D eigenvalue weighted by molar-refractivity contribution is -0.275. The van der Waals surface area contributed by atoms with Gasteiger partial charge in [0.1, 0.15) is 11.4 Å². The molecule has 1 aromatic rings. The van der Waals surface area contributed by atoms with E-state index < -0.39 is 33.6 Å². The standard InChI is InChI=1S/C10H8BrF3N2O3S/c1-16(5-4-15)20(17,18)9-3-2-7(11)6-8(9)19-10(12,13)14/h2-3,6H,5H2,1H3. The maximum absolute atomic E-state index is 12.3. The first kappa shape index (κ1) is 16.7. The molecule has 0 saturated carbocycles. The van der Waals surface area contributed by atoms with E-state index >= 15 is 0 Å². The lowest BCUT2D eigenvalue weighted by atomic mass is 10.3. The van der Waals surface area contributed by atoms with Crippen LogP contribution < -0.4 is 4.74 Å². The molecule has 0 saturated heterocycles. The summed E-state index contributed by atoms with van der Waals surface area (Å²) in [5.41, 5.74) is 0. The van der Waals surface area contributed by atoms with Gasteiger partial charge in [-0.05, 0) is 18.2 Å². The zero-order valence-corrected chi connectivity index (χ0v) is 12.4. The average Bonchev–Trinajstić information content (AvgIpc) is 2.26. The molecule has 0 bridgehead atoms. The largest absolute Gasteiger partial charge is 0.573 e. The van der Waals surface area contributed by atoms with Crippen molar-refractivity contribution in [3.63, 3.8) is 0 Å². The number of halogens is 4. The summed E-state index contributed by atoms with van der Waals surface area (Å²) in [6.07, 6.45) is -5.03. The lowest BCUT2D eigenvalue weighted by Gasteiger charge is -2.18. The number of ether oxygens (including phenoxy) is 1. The van der Waals surface area contributed by atoms with Crippen molar-refractivity contribution >= 4 is 26.0 Å². The van der Waals surface area contributed by atoms with E-state index in [1.54, 1.807) is 6.07 Å². The van der Waals surface area contributed by atoms with Gasteiger partial charge in [0.25, 0.3) is 0 Å². The van der Waals surface area contributed by atoms with E-state index in [0.717, 1.165) is 19.2 Å². The highest BCUT2D eigenvalue weighted by atomic mass is 79.9. The minimum atomic E-state index is -5.03. The fourth-order valence-electron chi connectivity index (χ4n) is 1.25. The molecule has 0 aliphatic carbocycles. The Balaban J connectivity index is 3.35. The molecule has 10 heteroatoms. The number of hydrogen-bond donors (Lipinski definition) is 0. The molecule has 110 valence electrons. The first-order valence-electron chi connectivity index (χ1n) is 4.96. The van der Waals surface area contributed by atoms with E-state index in [2.05, 4.69) is 20.7 Å². The zero-order chi connectivity index (χ0) is 15.6. The van der Waals surface area contributed by atoms with Crippen molar-refractivity contribution in [3.05, 3.63) is 22.7 Å². The van der Waals surface area contributed by atoms with Crippen LogP contribution in [-0.2, 0) is 10.0 Å². The van der Waals surface area contributed by atoms with Crippen LogP contribution in [-0.4, -0.2) is 32.7 Å². The van der Waals surface area contributed by atoms with Gasteiger partial charge in [-0.1, -0.05) is 15.9 Å². The predicted octanol–water partition coefficient (Wildman–Crippen LogP) is 2.49. The van der Waals surface area contributed by atoms with Crippen LogP contribution in [0.4, 0.5) is 13.2 Å². The van der Waals surface area contributed by atoms with Crippen molar-refractivity contribution in [2.24, 2.45) is 0 Å². The molecular weight excluding hydrogens is 365 g/mol. The molecule has 0 aliphatic rings. The molecule has 0 N–H and O–H groups in total. The molecular formula is C10H8BrF3N2O3S. The van der Waals surface area contributed by atoms with Crippen molar-refractivity contribution < 1.29 is 26.3 Å². The molecule has 0 heterocycles. The first-order chi connectivity index (χ1) is 9.08. The monoisotopic (exact) mass is 372 g/mol. The summed E-state index contributed by atoms with van der Waals surface area (Å²) in [6, 6.07) is 4.71. The van der Waals surface area contributed by atoms with Gasteiger partial charge in [-0.25, -0.2) is 8.42 Å². The Morgan fingerprint density at radius 2 is 2.05 bits per heavy atom. The van der Waals surface area contributed by atoms with E-state index in [9.17, 15) is 21.6 Å². The molecule has 0 unspecified atom stereocenters. The number of nitriles is 1. The number of rotatable bonds is 4. The van der Waals surface area contributed by atoms with Crippen molar-refractivity contribution in [1.29, 1.82) is 5.26 Å². The van der Waals surface area contributed by atoms with Crippen LogP contribution in [0.3, 0.4) is 0 Å². The lowest BCUT2D eigenvalue weighted by Crippen LogP contribution is -2.28. The summed E-state index contributed by atoms with van der Waals surface area (Å²) in [4.78, 5) is -0.671. The number of sulfonamides is 1. The summed E-state index contributed by atoms with van der Waals surface area (Å²) in [6.45, 7) is -0.496. The molecule has 0 fully saturated rings. The predicted molar refractivity (Wildman–Crippen MR) is 66.3 cm³/mol. The Morgan fingerprint density at radius 3 is 2.55 bits per heavy atom. The van der Waals surface area contributed by atoms with Crippen LogP contribution >= 0.6 is 15.9 Å². The number of benzene rings is 1. The fraction of sp³-hybridized carbons (Fsp3) is 0.300. The van der Waals surface area contributed by atoms with E-state index in [1.807, 2.05) is 0 Å². The van der Waals surface area contributed by atoms with Gasteiger partial charge in [-0.15, -0.1) is 13.2 Å². The van der Waals surface area contributed by atoms with Gasteiger partial charge in [0.15, 0.2) is 5.75 Å². The molecule has 0 spiro atoms. The van der Waals surface area contributed by atoms with Gasteiger partial charge < -0.3 is 4.74 Å². The molecule has 0 amide bonds. The fourth-order valence-corrected chi connectivity index (χ4v) is 2.75. The van der Waals surface area contributed by atoms with Gasteiger partial charge in [0.2, 0.25) is 10.0 Å². The van der Waals surface area contributed by atoms with Crippen LogP contribution in [0.5, 0.6) is 5.75 Å². The van der Waals surface area contributed by atoms with Crippen molar-refractivity contribution in [3.8, 4) is 11.8 Å². The van der Waals surface area contributed by atoms with Gasteiger partial charge >= 0.3 is 6.36 Å². The number of hydrogen-bond acceptors (Lipinski definition) is 4. The Hall–Kier alpha value is -1.31. The van der Waals surface area contributed by atoms with Crippen molar-refractivity contribution in [2.75, 3.05) is 13.6 Å². The zero-order valence-electron chi connectivity index (χ0n) is 9.98. The second kappa shape index (κ2) is 5.99. The summed E-state index contributed by atoms with van der Waals surface area (Å²) in [5, 5.41) is 8.47. The Labute approximate surface area is 121 Å². The molecule has 1 aromatic carbocycles. The Bertz CT molecular complexity index is 640. The van der Waals surface area contributed by atoms with E-state index in [4.69, 9.17) is 5.26 Å². The molecule has 0 atom stereocenters.